The minimum atomic E-state index is -0.767. The quantitative estimate of drug-likeness (QED) is 0.488. The zero-order valence-corrected chi connectivity index (χ0v) is 12.0. The van der Waals surface area contributed by atoms with Gasteiger partial charge in [-0.15, -0.1) is 0 Å². The van der Waals surface area contributed by atoms with Crippen LogP contribution in [0.25, 0.3) is 0 Å². The number of benzene rings is 1. The van der Waals surface area contributed by atoms with Gasteiger partial charge in [0.15, 0.2) is 11.9 Å². The fraction of sp³-hybridized carbons (Fsp3) is 0.500. The topological polar surface area (TPSA) is 90.7 Å². The van der Waals surface area contributed by atoms with Crippen molar-refractivity contribution in [2.75, 3.05) is 6.61 Å². The number of carbonyl (C=O) groups excluding carboxylic acids is 1. The summed E-state index contributed by atoms with van der Waals surface area (Å²) in [6.07, 6.45) is -0.359. The van der Waals surface area contributed by atoms with E-state index in [0.717, 1.165) is 5.56 Å². The number of nitrogens with zero attached hydrogens (tertiary/aromatic N) is 1. The van der Waals surface area contributed by atoms with Gasteiger partial charge in [-0.05, 0) is 11.6 Å². The second kappa shape index (κ2) is 6.53. The molecule has 1 unspecified atom stereocenters. The van der Waals surface area contributed by atoms with E-state index in [0.29, 0.717) is 19.0 Å². The number of cyclic esters (lactones) is 1. The Balaban J connectivity index is 2.20. The van der Waals surface area contributed by atoms with Crippen LogP contribution in [0.3, 0.4) is 0 Å². The van der Waals surface area contributed by atoms with Gasteiger partial charge in [0.1, 0.15) is 0 Å². The zero-order valence-electron chi connectivity index (χ0n) is 12.0. The SMILES string of the molecule is CC(C)NCc1ccc([N+](=O)[O-])c(OC2CCOC2=O)c1. The van der Waals surface area contributed by atoms with E-state index >= 15 is 0 Å². The number of hydrogen-bond donors (Lipinski definition) is 1. The van der Waals surface area contributed by atoms with Gasteiger partial charge in [0, 0.05) is 25.1 Å². The van der Waals surface area contributed by atoms with E-state index in [-0.39, 0.29) is 18.0 Å². The summed E-state index contributed by atoms with van der Waals surface area (Å²) >= 11 is 0. The minimum absolute atomic E-state index is 0.104. The Morgan fingerprint density at radius 3 is 2.86 bits per heavy atom. The van der Waals surface area contributed by atoms with Crippen LogP contribution in [-0.4, -0.2) is 29.6 Å². The van der Waals surface area contributed by atoms with Gasteiger partial charge in [0.25, 0.3) is 0 Å². The predicted octanol–water partition coefficient (Wildman–Crippen LogP) is 1.79. The first-order valence-electron chi connectivity index (χ1n) is 6.81. The molecule has 1 heterocycles. The van der Waals surface area contributed by atoms with E-state index in [1.165, 1.54) is 6.07 Å². The number of hydrogen-bond acceptors (Lipinski definition) is 6. The Bertz CT molecular complexity index is 544. The van der Waals surface area contributed by atoms with E-state index in [1.807, 2.05) is 13.8 Å². The predicted molar refractivity (Wildman–Crippen MR) is 75.1 cm³/mol. The van der Waals surface area contributed by atoms with E-state index < -0.39 is 17.0 Å². The Labute approximate surface area is 122 Å². The number of carbonyl (C=O) groups is 1. The molecule has 1 aromatic carbocycles. The average molecular weight is 294 g/mol. The summed E-state index contributed by atoms with van der Waals surface area (Å²) in [6, 6.07) is 4.97. The second-order valence-electron chi connectivity index (χ2n) is 5.16. The molecule has 1 N–H and O–H groups in total. The molecular formula is C14H18N2O5. The molecule has 1 aromatic rings. The molecule has 1 atom stereocenters. The molecule has 0 spiro atoms. The third kappa shape index (κ3) is 3.91. The van der Waals surface area contributed by atoms with Crippen LogP contribution < -0.4 is 10.1 Å². The number of nitro groups is 1. The summed E-state index contributed by atoms with van der Waals surface area (Å²) in [7, 11) is 0. The molecule has 0 bridgehead atoms. The van der Waals surface area contributed by atoms with Gasteiger partial charge >= 0.3 is 11.7 Å². The van der Waals surface area contributed by atoms with Crippen molar-refractivity contribution in [3.8, 4) is 5.75 Å². The maximum absolute atomic E-state index is 11.4. The molecule has 114 valence electrons. The van der Waals surface area contributed by atoms with Crippen molar-refractivity contribution in [2.45, 2.75) is 39.0 Å². The maximum atomic E-state index is 11.4. The summed E-state index contributed by atoms with van der Waals surface area (Å²) in [5, 5.41) is 14.3. The third-order valence-electron chi connectivity index (χ3n) is 3.09. The third-order valence-corrected chi connectivity index (χ3v) is 3.09. The van der Waals surface area contributed by atoms with Gasteiger partial charge in [0.05, 0.1) is 11.5 Å². The van der Waals surface area contributed by atoms with Gasteiger partial charge in [0.2, 0.25) is 0 Å². The normalized spacial score (nSPS) is 17.9. The number of ether oxygens (including phenoxy) is 2. The Hall–Kier alpha value is -2.15. The van der Waals surface area contributed by atoms with Crippen LogP contribution in [0, 0.1) is 10.1 Å². The van der Waals surface area contributed by atoms with Crippen molar-refractivity contribution >= 4 is 11.7 Å². The molecule has 21 heavy (non-hydrogen) atoms. The van der Waals surface area contributed by atoms with Crippen LogP contribution in [0.15, 0.2) is 18.2 Å². The second-order valence-corrected chi connectivity index (χ2v) is 5.16. The molecule has 0 radical (unpaired) electrons. The molecule has 7 nitrogen and oxygen atoms in total. The summed E-state index contributed by atoms with van der Waals surface area (Å²) in [6.45, 7) is 4.88. The molecule has 7 heteroatoms. The monoisotopic (exact) mass is 294 g/mol. The van der Waals surface area contributed by atoms with Crippen LogP contribution in [0.5, 0.6) is 5.75 Å². The fourth-order valence-electron chi connectivity index (χ4n) is 1.97. The average Bonchev–Trinajstić information content (AvgIpc) is 2.82. The van der Waals surface area contributed by atoms with Gasteiger partial charge in [-0.2, -0.15) is 0 Å². The molecule has 0 saturated carbocycles. The van der Waals surface area contributed by atoms with Gasteiger partial charge in [-0.25, -0.2) is 4.79 Å². The van der Waals surface area contributed by atoms with Gasteiger partial charge < -0.3 is 14.8 Å². The molecule has 1 aliphatic heterocycles. The van der Waals surface area contributed by atoms with Crippen molar-refractivity contribution in [2.24, 2.45) is 0 Å². The largest absolute Gasteiger partial charge is 0.471 e. The first kappa shape index (κ1) is 15.2. The molecule has 2 rings (SSSR count). The van der Waals surface area contributed by atoms with E-state index in [9.17, 15) is 14.9 Å². The van der Waals surface area contributed by atoms with Crippen molar-refractivity contribution < 1.29 is 19.2 Å². The molecule has 0 amide bonds. The molecule has 0 aliphatic carbocycles. The summed E-state index contributed by atoms with van der Waals surface area (Å²) < 4.78 is 10.3. The van der Waals surface area contributed by atoms with Crippen LogP contribution in [0.4, 0.5) is 5.69 Å². The molecule has 1 aliphatic rings. The standard InChI is InChI=1S/C14H18N2O5/c1-9(2)15-8-10-3-4-11(16(18)19)13(7-10)21-12-5-6-20-14(12)17/h3-4,7,9,12,15H,5-6,8H2,1-2H3. The number of nitrogens with one attached hydrogen (secondary N) is 1. The van der Waals surface area contributed by atoms with Crippen LogP contribution in [0.2, 0.25) is 0 Å². The van der Waals surface area contributed by atoms with Gasteiger partial charge in [-0.3, -0.25) is 10.1 Å². The van der Waals surface area contributed by atoms with Crippen molar-refractivity contribution in [3.63, 3.8) is 0 Å². The smallest absolute Gasteiger partial charge is 0.347 e. The molecule has 1 fully saturated rings. The van der Waals surface area contributed by atoms with Crippen molar-refractivity contribution in [1.29, 1.82) is 0 Å². The number of rotatable bonds is 6. The Morgan fingerprint density at radius 1 is 1.52 bits per heavy atom. The van der Waals surface area contributed by atoms with Crippen LogP contribution in [-0.2, 0) is 16.1 Å². The first-order valence-corrected chi connectivity index (χ1v) is 6.81. The lowest BCUT2D eigenvalue weighted by Gasteiger charge is -2.13. The highest BCUT2D eigenvalue weighted by Crippen LogP contribution is 2.30. The lowest BCUT2D eigenvalue weighted by atomic mass is 10.1. The van der Waals surface area contributed by atoms with E-state index in [2.05, 4.69) is 5.32 Å². The van der Waals surface area contributed by atoms with Crippen LogP contribution in [0.1, 0.15) is 25.8 Å². The van der Waals surface area contributed by atoms with E-state index in [4.69, 9.17) is 9.47 Å². The summed E-state index contributed by atoms with van der Waals surface area (Å²) in [5.41, 5.74) is 0.707. The Morgan fingerprint density at radius 2 is 2.29 bits per heavy atom. The minimum Gasteiger partial charge on any atom is -0.471 e. The van der Waals surface area contributed by atoms with Gasteiger partial charge in [-0.1, -0.05) is 19.9 Å². The number of esters is 1. The van der Waals surface area contributed by atoms with Crippen LogP contribution >= 0.6 is 0 Å². The molecule has 0 aromatic heterocycles. The highest BCUT2D eigenvalue weighted by molar-refractivity contribution is 5.77. The molecule has 1 saturated heterocycles. The fourth-order valence-corrected chi connectivity index (χ4v) is 1.97. The highest BCUT2D eigenvalue weighted by atomic mass is 16.6. The van der Waals surface area contributed by atoms with E-state index in [1.54, 1.807) is 12.1 Å². The zero-order chi connectivity index (χ0) is 15.4. The van der Waals surface area contributed by atoms with Crippen molar-refractivity contribution in [3.05, 3.63) is 33.9 Å². The highest BCUT2D eigenvalue weighted by Gasteiger charge is 2.30. The number of nitro benzene ring substituents is 1. The Kier molecular flexibility index (Phi) is 4.74. The summed E-state index contributed by atoms with van der Waals surface area (Å²) in [5.74, 6) is -0.373. The maximum Gasteiger partial charge on any atom is 0.347 e. The lowest BCUT2D eigenvalue weighted by molar-refractivity contribution is -0.386. The molecular weight excluding hydrogens is 276 g/mol. The first-order chi connectivity index (χ1) is 9.97. The summed E-state index contributed by atoms with van der Waals surface area (Å²) in [4.78, 5) is 22.0. The lowest BCUT2D eigenvalue weighted by Crippen LogP contribution is -2.23. The van der Waals surface area contributed by atoms with Crippen molar-refractivity contribution in [1.82, 2.24) is 5.32 Å².